The lowest BCUT2D eigenvalue weighted by molar-refractivity contribution is -0.143. The van der Waals surface area contributed by atoms with Gasteiger partial charge < -0.3 is 59.5 Å². The number of benzene rings is 1. The van der Waals surface area contributed by atoms with Crippen LogP contribution in [0.1, 0.15) is 57.9 Å². The molecule has 0 radical (unpaired) electrons. The Bertz CT molecular complexity index is 1270. The van der Waals surface area contributed by atoms with Crippen molar-refractivity contribution in [3.63, 3.8) is 0 Å². The third-order valence-electron chi connectivity index (χ3n) is 7.13. The molecule has 0 fully saturated rings. The van der Waals surface area contributed by atoms with E-state index in [-0.39, 0.29) is 37.5 Å². The molecular weight excluding hydrogens is 630 g/mol. The highest BCUT2D eigenvalue weighted by molar-refractivity contribution is 5.96. The Labute approximate surface area is 278 Å². The standard InChI is InChI=1S/C30H49N9O9/c1-16(2)24(28(46)38-22(29(47)48)14-17-8-10-18(40)11-9-17)39-27(45)21(15-23(41)42)37-26(44)20(7-3-4-12-31)36-25(43)19(32)6-5-13-35-30(33)34/h8-11,16,19-22,24,40H,3-7,12-15,31-32H2,1-2H3,(H,36,43)(H,37,44)(H,38,46)(H,39,45)(H,41,42)(H,47,48)(H4,33,34,35)/t19-,20+,21+,22-,24+/m0/s1. The summed E-state index contributed by atoms with van der Waals surface area (Å²) in [6, 6.07) is -0.880. The van der Waals surface area contributed by atoms with Crippen LogP contribution >= 0.6 is 0 Å². The average Bonchev–Trinajstić information content (AvgIpc) is 3.00. The number of carboxylic acids is 2. The summed E-state index contributed by atoms with van der Waals surface area (Å²) >= 11 is 0. The molecule has 0 heterocycles. The van der Waals surface area contributed by atoms with Gasteiger partial charge >= 0.3 is 11.9 Å². The van der Waals surface area contributed by atoms with Gasteiger partial charge in [0.1, 0.15) is 29.9 Å². The Balaban J connectivity index is 3.07. The highest BCUT2D eigenvalue weighted by Crippen LogP contribution is 2.13. The molecule has 15 N–H and O–H groups in total. The van der Waals surface area contributed by atoms with E-state index in [0.29, 0.717) is 31.4 Å². The summed E-state index contributed by atoms with van der Waals surface area (Å²) in [4.78, 5) is 80.0. The molecule has 5 atom stereocenters. The molecule has 0 bridgehead atoms. The number of nitrogens with zero attached hydrogens (tertiary/aromatic N) is 1. The topological polar surface area (TPSA) is 328 Å². The summed E-state index contributed by atoms with van der Waals surface area (Å²) in [5.74, 6) is -6.91. The fourth-order valence-corrected chi connectivity index (χ4v) is 4.47. The molecule has 0 aliphatic heterocycles. The first-order valence-corrected chi connectivity index (χ1v) is 15.5. The first-order valence-electron chi connectivity index (χ1n) is 15.5. The van der Waals surface area contributed by atoms with E-state index in [1.54, 1.807) is 13.8 Å². The van der Waals surface area contributed by atoms with Gasteiger partial charge in [0.2, 0.25) is 23.6 Å². The van der Waals surface area contributed by atoms with Crippen LogP contribution in [0.2, 0.25) is 0 Å². The molecule has 0 saturated heterocycles. The number of carbonyl (C=O) groups is 6. The van der Waals surface area contributed by atoms with Crippen molar-refractivity contribution in [3.8, 4) is 5.75 Å². The zero-order chi connectivity index (χ0) is 36.4. The van der Waals surface area contributed by atoms with Crippen molar-refractivity contribution in [3.05, 3.63) is 29.8 Å². The van der Waals surface area contributed by atoms with Crippen molar-refractivity contribution >= 4 is 41.5 Å². The van der Waals surface area contributed by atoms with Crippen LogP contribution in [0.4, 0.5) is 0 Å². The number of unbranched alkanes of at least 4 members (excludes halogenated alkanes) is 1. The number of carboxylic acid groups (broad SMARTS) is 2. The summed E-state index contributed by atoms with van der Waals surface area (Å²) in [5, 5.41) is 38.4. The Kier molecular flexibility index (Phi) is 18.0. The predicted octanol–water partition coefficient (Wildman–Crippen LogP) is -2.40. The van der Waals surface area contributed by atoms with Crippen molar-refractivity contribution in [2.75, 3.05) is 13.1 Å². The second-order valence-corrected chi connectivity index (χ2v) is 11.6. The van der Waals surface area contributed by atoms with Crippen LogP contribution in [0.5, 0.6) is 5.75 Å². The molecule has 1 rings (SSSR count). The molecule has 268 valence electrons. The Morgan fingerprint density at radius 3 is 1.90 bits per heavy atom. The van der Waals surface area contributed by atoms with Crippen LogP contribution in [0, 0.1) is 5.92 Å². The van der Waals surface area contributed by atoms with E-state index < -0.39 is 78.1 Å². The molecule has 0 aliphatic carbocycles. The molecule has 0 aliphatic rings. The minimum absolute atomic E-state index is 0.0240. The molecule has 0 aromatic heterocycles. The maximum atomic E-state index is 13.3. The van der Waals surface area contributed by atoms with Crippen molar-refractivity contribution in [2.45, 2.75) is 89.0 Å². The van der Waals surface area contributed by atoms with Gasteiger partial charge in [-0.1, -0.05) is 26.0 Å². The number of hydrogen-bond acceptors (Lipinski definition) is 10. The van der Waals surface area contributed by atoms with Gasteiger partial charge in [-0.3, -0.25) is 29.0 Å². The molecule has 18 heteroatoms. The summed E-state index contributed by atoms with van der Waals surface area (Å²) in [6.07, 6.45) is 0.608. The third-order valence-corrected chi connectivity index (χ3v) is 7.13. The molecule has 0 saturated carbocycles. The van der Waals surface area contributed by atoms with E-state index in [1.807, 2.05) is 0 Å². The van der Waals surface area contributed by atoms with Gasteiger partial charge in [-0.25, -0.2) is 4.79 Å². The highest BCUT2D eigenvalue weighted by Gasteiger charge is 2.34. The van der Waals surface area contributed by atoms with Gasteiger partial charge in [0.05, 0.1) is 12.5 Å². The molecular formula is C30H49N9O9. The minimum atomic E-state index is -1.67. The van der Waals surface area contributed by atoms with Gasteiger partial charge in [-0.15, -0.1) is 0 Å². The second-order valence-electron chi connectivity index (χ2n) is 11.6. The fraction of sp³-hybridized carbons (Fsp3) is 0.567. The number of amides is 4. The van der Waals surface area contributed by atoms with Gasteiger partial charge in [-0.2, -0.15) is 0 Å². The van der Waals surface area contributed by atoms with E-state index in [2.05, 4.69) is 26.3 Å². The van der Waals surface area contributed by atoms with Crippen molar-refractivity contribution in [1.29, 1.82) is 0 Å². The maximum Gasteiger partial charge on any atom is 0.326 e. The lowest BCUT2D eigenvalue weighted by Crippen LogP contribution is -2.59. The van der Waals surface area contributed by atoms with Crippen molar-refractivity contribution in [1.82, 2.24) is 21.3 Å². The largest absolute Gasteiger partial charge is 0.508 e. The molecule has 4 amide bonds. The smallest absolute Gasteiger partial charge is 0.326 e. The molecule has 48 heavy (non-hydrogen) atoms. The summed E-state index contributed by atoms with van der Waals surface area (Å²) < 4.78 is 0. The number of phenolic OH excluding ortho intramolecular Hbond substituents is 1. The van der Waals surface area contributed by atoms with Crippen molar-refractivity contribution < 1.29 is 44.1 Å². The van der Waals surface area contributed by atoms with Gasteiger partial charge in [0.15, 0.2) is 5.96 Å². The molecule has 18 nitrogen and oxygen atoms in total. The van der Waals surface area contributed by atoms with Crippen LogP contribution in [0.3, 0.4) is 0 Å². The minimum Gasteiger partial charge on any atom is -0.508 e. The van der Waals surface area contributed by atoms with Gasteiger partial charge in [0.25, 0.3) is 0 Å². The number of aliphatic carboxylic acids is 2. The van der Waals surface area contributed by atoms with Crippen LogP contribution < -0.4 is 44.2 Å². The zero-order valence-corrected chi connectivity index (χ0v) is 27.2. The fourth-order valence-electron chi connectivity index (χ4n) is 4.47. The van der Waals surface area contributed by atoms with E-state index in [4.69, 9.17) is 22.9 Å². The average molecular weight is 680 g/mol. The Morgan fingerprint density at radius 1 is 0.771 bits per heavy atom. The Hall–Kier alpha value is -4.97. The number of aromatic hydroxyl groups is 1. The van der Waals surface area contributed by atoms with E-state index in [1.165, 1.54) is 24.3 Å². The van der Waals surface area contributed by atoms with Crippen LogP contribution in [0.25, 0.3) is 0 Å². The summed E-state index contributed by atoms with van der Waals surface area (Å²) in [6.45, 7) is 3.71. The molecule has 0 unspecified atom stereocenters. The number of nitrogens with two attached hydrogens (primary N) is 4. The van der Waals surface area contributed by atoms with Crippen LogP contribution in [-0.4, -0.2) is 100 Å². The van der Waals surface area contributed by atoms with E-state index >= 15 is 0 Å². The quantitative estimate of drug-likeness (QED) is 0.0346. The maximum absolute atomic E-state index is 13.3. The number of phenols is 1. The number of aliphatic imine (C=N–C) groups is 1. The third kappa shape index (κ3) is 15.5. The molecule has 0 spiro atoms. The SMILES string of the molecule is CC(C)[C@@H](NC(=O)[C@@H](CC(=O)O)NC(=O)[C@@H](CCCCN)NC(=O)[C@@H](N)CCCN=C(N)N)C(=O)N[C@@H](Cc1ccc(O)cc1)C(=O)O. The van der Waals surface area contributed by atoms with Gasteiger partial charge in [-0.05, 0) is 62.3 Å². The lowest BCUT2D eigenvalue weighted by atomic mass is 10.0. The number of carbonyl (C=O) groups excluding carboxylic acids is 4. The highest BCUT2D eigenvalue weighted by atomic mass is 16.4. The zero-order valence-electron chi connectivity index (χ0n) is 27.2. The van der Waals surface area contributed by atoms with Gasteiger partial charge in [0, 0.05) is 13.0 Å². The van der Waals surface area contributed by atoms with E-state index in [9.17, 15) is 44.1 Å². The number of nitrogens with one attached hydrogen (secondary N) is 4. The Morgan fingerprint density at radius 2 is 1.35 bits per heavy atom. The number of guanidine groups is 1. The number of rotatable bonds is 22. The summed E-state index contributed by atoms with van der Waals surface area (Å²) in [5.41, 5.74) is 22.6. The van der Waals surface area contributed by atoms with Crippen LogP contribution in [0.15, 0.2) is 29.3 Å². The summed E-state index contributed by atoms with van der Waals surface area (Å²) in [7, 11) is 0. The second kappa shape index (κ2) is 21.0. The monoisotopic (exact) mass is 679 g/mol. The number of hydrogen-bond donors (Lipinski definition) is 11. The van der Waals surface area contributed by atoms with Crippen molar-refractivity contribution in [2.24, 2.45) is 33.8 Å². The lowest BCUT2D eigenvalue weighted by Gasteiger charge is -2.27. The predicted molar refractivity (Wildman–Crippen MR) is 175 cm³/mol. The normalized spacial score (nSPS) is 14.0. The first kappa shape index (κ1) is 41.1. The van der Waals surface area contributed by atoms with Crippen LogP contribution in [-0.2, 0) is 35.2 Å². The molecule has 1 aromatic rings. The molecule has 1 aromatic carbocycles. The van der Waals surface area contributed by atoms with E-state index in [0.717, 1.165) is 0 Å². The first-order chi connectivity index (χ1) is 22.5.